The molecule has 1 fully saturated rings. The minimum Gasteiger partial charge on any atom is -0.492 e. The molecule has 1 aromatic heterocycles. The second kappa shape index (κ2) is 8.11. The van der Waals surface area contributed by atoms with Crippen LogP contribution in [0.2, 0.25) is 0 Å². The van der Waals surface area contributed by atoms with Gasteiger partial charge in [-0.1, -0.05) is 37.5 Å². The summed E-state index contributed by atoms with van der Waals surface area (Å²) in [5.74, 6) is 1.94. The highest BCUT2D eigenvalue weighted by Crippen LogP contribution is 2.28. The van der Waals surface area contributed by atoms with Crippen LogP contribution in [0.5, 0.6) is 5.75 Å². The Morgan fingerprint density at radius 3 is 2.78 bits per heavy atom. The lowest BCUT2D eigenvalue weighted by atomic mass is 9.95. The van der Waals surface area contributed by atoms with Gasteiger partial charge in [0, 0.05) is 12.1 Å². The summed E-state index contributed by atoms with van der Waals surface area (Å²) in [6.45, 7) is 3.50. The average Bonchev–Trinajstić information content (AvgIpc) is 3.08. The summed E-state index contributed by atoms with van der Waals surface area (Å²) in [4.78, 5) is 0. The first-order valence-corrected chi connectivity index (χ1v) is 8.62. The predicted octanol–water partition coefficient (Wildman–Crippen LogP) is 3.34. The van der Waals surface area contributed by atoms with Crippen LogP contribution in [0.25, 0.3) is 0 Å². The van der Waals surface area contributed by atoms with E-state index in [1.54, 1.807) is 0 Å². The molecule has 5 nitrogen and oxygen atoms in total. The van der Waals surface area contributed by atoms with Crippen molar-refractivity contribution in [1.29, 1.82) is 0 Å². The lowest BCUT2D eigenvalue weighted by molar-refractivity contribution is 0.269. The normalized spacial score (nSPS) is 17.1. The Morgan fingerprint density at radius 1 is 1.22 bits per heavy atom. The third-order valence-corrected chi connectivity index (χ3v) is 4.47. The van der Waals surface area contributed by atoms with E-state index in [9.17, 15) is 0 Å². The van der Waals surface area contributed by atoms with E-state index in [-0.39, 0.29) is 6.04 Å². The van der Waals surface area contributed by atoms with E-state index in [4.69, 9.17) is 4.74 Å². The topological polar surface area (TPSA) is 52.0 Å². The van der Waals surface area contributed by atoms with Gasteiger partial charge in [-0.05, 0) is 31.9 Å². The minimum atomic E-state index is 0.256. The number of benzene rings is 1. The number of hydrogen-bond donors (Lipinski definition) is 1. The van der Waals surface area contributed by atoms with Gasteiger partial charge >= 0.3 is 0 Å². The van der Waals surface area contributed by atoms with Gasteiger partial charge in [0.25, 0.3) is 0 Å². The molecule has 1 aromatic carbocycles. The molecule has 0 bridgehead atoms. The van der Waals surface area contributed by atoms with Gasteiger partial charge in [0.2, 0.25) is 0 Å². The molecule has 0 aliphatic heterocycles. The van der Waals surface area contributed by atoms with Gasteiger partial charge in [0.05, 0.1) is 6.54 Å². The standard InChI is InChI=1S/C18H26N4O/c1-15(13-23-17-10-6-3-7-11-17)19-12-18-21-20-14-22(18)16-8-4-2-5-9-16/h3,6-7,10-11,14-16,19H,2,4-5,8-9,12-13H2,1H3/t15-/m0/s1. The first-order valence-electron chi connectivity index (χ1n) is 8.62. The zero-order chi connectivity index (χ0) is 15.9. The van der Waals surface area contributed by atoms with Crippen molar-refractivity contribution < 1.29 is 4.74 Å². The molecule has 0 unspecified atom stereocenters. The number of ether oxygens (including phenoxy) is 1. The van der Waals surface area contributed by atoms with Crippen molar-refractivity contribution in [1.82, 2.24) is 20.1 Å². The number of aromatic nitrogens is 3. The molecule has 0 amide bonds. The maximum Gasteiger partial charge on any atom is 0.147 e. The summed E-state index contributed by atoms with van der Waals surface area (Å²) >= 11 is 0. The fourth-order valence-corrected chi connectivity index (χ4v) is 3.12. The van der Waals surface area contributed by atoms with Crippen LogP contribution in [0.15, 0.2) is 36.7 Å². The van der Waals surface area contributed by atoms with E-state index >= 15 is 0 Å². The smallest absolute Gasteiger partial charge is 0.147 e. The van der Waals surface area contributed by atoms with Crippen molar-refractivity contribution in [3.8, 4) is 5.75 Å². The molecule has 0 radical (unpaired) electrons. The zero-order valence-electron chi connectivity index (χ0n) is 13.8. The lowest BCUT2D eigenvalue weighted by Crippen LogP contribution is -2.32. The Bertz CT molecular complexity index is 578. The van der Waals surface area contributed by atoms with Crippen molar-refractivity contribution in [3.05, 3.63) is 42.5 Å². The molecule has 5 heteroatoms. The predicted molar refractivity (Wildman–Crippen MR) is 90.4 cm³/mol. The second-order valence-electron chi connectivity index (χ2n) is 6.35. The fraction of sp³-hybridized carbons (Fsp3) is 0.556. The molecule has 1 saturated carbocycles. The highest BCUT2D eigenvalue weighted by atomic mass is 16.5. The minimum absolute atomic E-state index is 0.256. The van der Waals surface area contributed by atoms with Crippen LogP contribution in [0.1, 0.15) is 50.9 Å². The van der Waals surface area contributed by atoms with E-state index in [1.807, 2.05) is 36.7 Å². The first kappa shape index (κ1) is 16.0. The van der Waals surface area contributed by atoms with Gasteiger partial charge in [-0.25, -0.2) is 0 Å². The number of nitrogens with zero attached hydrogens (tertiary/aromatic N) is 3. The zero-order valence-corrected chi connectivity index (χ0v) is 13.8. The first-order chi connectivity index (χ1) is 11.3. The maximum atomic E-state index is 5.78. The average molecular weight is 314 g/mol. The summed E-state index contributed by atoms with van der Waals surface area (Å²) < 4.78 is 8.04. The monoisotopic (exact) mass is 314 g/mol. The summed E-state index contributed by atoms with van der Waals surface area (Å²) in [7, 11) is 0. The molecule has 0 saturated heterocycles. The SMILES string of the molecule is C[C@@H](COc1ccccc1)NCc1nncn1C1CCCCC1. The number of rotatable bonds is 7. The van der Waals surface area contributed by atoms with Crippen LogP contribution in [0, 0.1) is 0 Å². The molecule has 3 rings (SSSR count). The van der Waals surface area contributed by atoms with E-state index in [0.29, 0.717) is 12.6 Å². The fourth-order valence-electron chi connectivity index (χ4n) is 3.12. The third-order valence-electron chi connectivity index (χ3n) is 4.47. The van der Waals surface area contributed by atoms with Crippen LogP contribution in [-0.2, 0) is 6.54 Å². The molecule has 1 atom stereocenters. The molecule has 1 heterocycles. The number of para-hydroxylation sites is 1. The summed E-state index contributed by atoms with van der Waals surface area (Å²) in [6.07, 6.45) is 8.38. The summed E-state index contributed by atoms with van der Waals surface area (Å²) in [5, 5.41) is 11.9. The van der Waals surface area contributed by atoms with Crippen molar-refractivity contribution in [3.63, 3.8) is 0 Å². The maximum absolute atomic E-state index is 5.78. The van der Waals surface area contributed by atoms with Crippen LogP contribution in [0.3, 0.4) is 0 Å². The third kappa shape index (κ3) is 4.55. The van der Waals surface area contributed by atoms with E-state index in [0.717, 1.165) is 18.1 Å². The Kier molecular flexibility index (Phi) is 5.64. The molecule has 23 heavy (non-hydrogen) atoms. The number of hydrogen-bond acceptors (Lipinski definition) is 4. The summed E-state index contributed by atoms with van der Waals surface area (Å²) in [6, 6.07) is 10.8. The van der Waals surface area contributed by atoms with Crippen molar-refractivity contribution in [2.75, 3.05) is 6.61 Å². The largest absolute Gasteiger partial charge is 0.492 e. The van der Waals surface area contributed by atoms with Gasteiger partial charge < -0.3 is 14.6 Å². The van der Waals surface area contributed by atoms with Gasteiger partial charge in [0.1, 0.15) is 24.5 Å². The van der Waals surface area contributed by atoms with E-state index in [1.165, 1.54) is 32.1 Å². The van der Waals surface area contributed by atoms with Crippen molar-refractivity contribution >= 4 is 0 Å². The Labute approximate surface area is 138 Å². The van der Waals surface area contributed by atoms with Crippen LogP contribution >= 0.6 is 0 Å². The molecular formula is C18H26N4O. The van der Waals surface area contributed by atoms with Crippen LogP contribution < -0.4 is 10.1 Å². The highest BCUT2D eigenvalue weighted by Gasteiger charge is 2.18. The van der Waals surface area contributed by atoms with Crippen molar-refractivity contribution in [2.24, 2.45) is 0 Å². The Hall–Kier alpha value is -1.88. The molecule has 2 aromatic rings. The Morgan fingerprint density at radius 2 is 2.00 bits per heavy atom. The number of nitrogens with one attached hydrogen (secondary N) is 1. The summed E-state index contributed by atoms with van der Waals surface area (Å²) in [5.41, 5.74) is 0. The van der Waals surface area contributed by atoms with E-state index < -0.39 is 0 Å². The molecule has 1 N–H and O–H groups in total. The quantitative estimate of drug-likeness (QED) is 0.851. The van der Waals surface area contributed by atoms with Gasteiger partial charge in [-0.3, -0.25) is 0 Å². The van der Waals surface area contributed by atoms with E-state index in [2.05, 4.69) is 27.0 Å². The van der Waals surface area contributed by atoms with Crippen LogP contribution in [-0.4, -0.2) is 27.4 Å². The molecule has 124 valence electrons. The van der Waals surface area contributed by atoms with Crippen molar-refractivity contribution in [2.45, 2.75) is 57.7 Å². The van der Waals surface area contributed by atoms with Gasteiger partial charge in [-0.15, -0.1) is 10.2 Å². The van der Waals surface area contributed by atoms with Crippen LogP contribution in [0.4, 0.5) is 0 Å². The molecule has 1 aliphatic rings. The van der Waals surface area contributed by atoms with Gasteiger partial charge in [-0.2, -0.15) is 0 Å². The second-order valence-corrected chi connectivity index (χ2v) is 6.35. The Balaban J connectivity index is 1.47. The highest BCUT2D eigenvalue weighted by molar-refractivity contribution is 5.20. The van der Waals surface area contributed by atoms with Gasteiger partial charge in [0.15, 0.2) is 0 Å². The molecule has 1 aliphatic carbocycles. The molecule has 0 spiro atoms. The molecular weight excluding hydrogens is 288 g/mol. The lowest BCUT2D eigenvalue weighted by Gasteiger charge is -2.24.